The van der Waals surface area contributed by atoms with E-state index in [1.807, 2.05) is 54.6 Å². The zero-order chi connectivity index (χ0) is 14.5. The average molecular weight is 355 g/mol. The van der Waals surface area contributed by atoms with Gasteiger partial charge in [-0.05, 0) is 55.8 Å². The Balaban J connectivity index is 0.00000132. The molecule has 1 atom stereocenters. The second-order valence-electron chi connectivity index (χ2n) is 5.08. The van der Waals surface area contributed by atoms with E-state index in [1.54, 1.807) is 0 Å². The maximum Gasteiger partial charge on any atom is 0.241 e. The van der Waals surface area contributed by atoms with Crippen LogP contribution in [0.4, 0.5) is 5.69 Å². The molecule has 2 aromatic rings. The van der Waals surface area contributed by atoms with E-state index < -0.39 is 0 Å². The topological polar surface area (TPSA) is 50.4 Å². The zero-order valence-corrected chi connectivity index (χ0v) is 14.2. The zero-order valence-electron chi connectivity index (χ0n) is 12.5. The minimum atomic E-state index is -0.0646. The van der Waals surface area contributed by atoms with Crippen LogP contribution in [0, 0.1) is 0 Å². The van der Waals surface area contributed by atoms with Crippen LogP contribution in [0.1, 0.15) is 12.8 Å². The summed E-state index contributed by atoms with van der Waals surface area (Å²) in [7, 11) is 0. The predicted octanol–water partition coefficient (Wildman–Crippen LogP) is 4.01. The molecule has 6 heteroatoms. The van der Waals surface area contributed by atoms with Crippen molar-refractivity contribution in [3.05, 3.63) is 54.6 Å². The van der Waals surface area contributed by atoms with Gasteiger partial charge in [-0.15, -0.1) is 24.8 Å². The quantitative estimate of drug-likeness (QED) is 0.871. The third-order valence-corrected chi connectivity index (χ3v) is 3.48. The van der Waals surface area contributed by atoms with Crippen LogP contribution in [0.3, 0.4) is 0 Å². The van der Waals surface area contributed by atoms with Gasteiger partial charge in [0.15, 0.2) is 0 Å². The van der Waals surface area contributed by atoms with Crippen molar-refractivity contribution in [1.29, 1.82) is 0 Å². The molecule has 1 aliphatic rings. The fraction of sp³-hybridized carbons (Fsp3) is 0.235. The lowest BCUT2D eigenvalue weighted by Gasteiger charge is -2.11. The number of carbonyl (C=O) groups excluding carboxylic acids is 1. The highest BCUT2D eigenvalue weighted by Gasteiger charge is 2.21. The molecule has 1 fully saturated rings. The Morgan fingerprint density at radius 1 is 1.00 bits per heavy atom. The summed E-state index contributed by atoms with van der Waals surface area (Å²) in [5, 5.41) is 6.10. The second-order valence-corrected chi connectivity index (χ2v) is 5.08. The summed E-state index contributed by atoms with van der Waals surface area (Å²) in [6.45, 7) is 0.919. The molecule has 2 aromatic carbocycles. The van der Waals surface area contributed by atoms with Crippen LogP contribution in [0.15, 0.2) is 54.6 Å². The normalized spacial score (nSPS) is 15.9. The smallest absolute Gasteiger partial charge is 0.241 e. The van der Waals surface area contributed by atoms with Crippen molar-refractivity contribution in [1.82, 2.24) is 5.32 Å². The third kappa shape index (κ3) is 5.43. The number of nitrogens with one attached hydrogen (secondary N) is 2. The van der Waals surface area contributed by atoms with Crippen molar-refractivity contribution >= 4 is 36.4 Å². The molecule has 1 aliphatic heterocycles. The van der Waals surface area contributed by atoms with Crippen molar-refractivity contribution in [2.24, 2.45) is 0 Å². The Kier molecular flexibility index (Phi) is 7.89. The summed E-state index contributed by atoms with van der Waals surface area (Å²) in [6, 6.07) is 17.0. The number of amides is 1. The average Bonchev–Trinajstić information content (AvgIpc) is 3.05. The molecule has 0 bridgehead atoms. The van der Waals surface area contributed by atoms with Gasteiger partial charge in [0.2, 0.25) is 5.91 Å². The van der Waals surface area contributed by atoms with E-state index in [9.17, 15) is 4.79 Å². The predicted molar refractivity (Wildman–Crippen MR) is 97.1 cm³/mol. The number of hydrogen-bond acceptors (Lipinski definition) is 3. The number of anilines is 1. The highest BCUT2D eigenvalue weighted by atomic mass is 35.5. The first-order valence-electron chi connectivity index (χ1n) is 7.18. The summed E-state index contributed by atoms with van der Waals surface area (Å²) in [4.78, 5) is 12.0. The van der Waals surface area contributed by atoms with E-state index in [-0.39, 0.29) is 36.8 Å². The van der Waals surface area contributed by atoms with Gasteiger partial charge >= 0.3 is 0 Å². The van der Waals surface area contributed by atoms with Crippen LogP contribution in [0.25, 0.3) is 0 Å². The SMILES string of the molecule is Cl.Cl.O=C(Nc1ccc(Oc2ccccc2)cc1)C1CCCN1. The highest BCUT2D eigenvalue weighted by molar-refractivity contribution is 5.95. The summed E-state index contributed by atoms with van der Waals surface area (Å²) in [6.07, 6.45) is 1.96. The fourth-order valence-electron chi connectivity index (χ4n) is 2.37. The molecule has 1 amide bonds. The van der Waals surface area contributed by atoms with Gasteiger partial charge in [0.25, 0.3) is 0 Å². The molecule has 1 saturated heterocycles. The minimum absolute atomic E-state index is 0. The van der Waals surface area contributed by atoms with E-state index in [0.717, 1.165) is 36.6 Å². The molecule has 1 unspecified atom stereocenters. The maximum absolute atomic E-state index is 12.0. The maximum atomic E-state index is 12.0. The lowest BCUT2D eigenvalue weighted by atomic mass is 10.2. The minimum Gasteiger partial charge on any atom is -0.457 e. The lowest BCUT2D eigenvalue weighted by Crippen LogP contribution is -2.35. The van der Waals surface area contributed by atoms with Crippen LogP contribution >= 0.6 is 24.8 Å². The van der Waals surface area contributed by atoms with Gasteiger partial charge in [-0.3, -0.25) is 4.79 Å². The number of halogens is 2. The van der Waals surface area contributed by atoms with Crippen molar-refractivity contribution in [3.8, 4) is 11.5 Å². The largest absolute Gasteiger partial charge is 0.457 e. The summed E-state index contributed by atoms with van der Waals surface area (Å²) in [5.41, 5.74) is 0.786. The summed E-state index contributed by atoms with van der Waals surface area (Å²) >= 11 is 0. The first kappa shape index (κ1) is 19.3. The van der Waals surface area contributed by atoms with Gasteiger partial charge in [0.1, 0.15) is 11.5 Å². The van der Waals surface area contributed by atoms with Crippen LogP contribution in [-0.2, 0) is 4.79 Å². The Morgan fingerprint density at radius 3 is 2.26 bits per heavy atom. The van der Waals surface area contributed by atoms with Crippen molar-refractivity contribution < 1.29 is 9.53 Å². The Morgan fingerprint density at radius 2 is 1.65 bits per heavy atom. The summed E-state index contributed by atoms with van der Waals surface area (Å²) in [5.74, 6) is 1.58. The molecule has 0 aromatic heterocycles. The number of ether oxygens (including phenoxy) is 1. The highest BCUT2D eigenvalue weighted by Crippen LogP contribution is 2.22. The Hall–Kier alpha value is -1.75. The van der Waals surface area contributed by atoms with Crippen LogP contribution < -0.4 is 15.4 Å². The molecule has 2 N–H and O–H groups in total. The third-order valence-electron chi connectivity index (χ3n) is 3.48. The molecule has 0 saturated carbocycles. The van der Waals surface area contributed by atoms with E-state index in [0.29, 0.717) is 0 Å². The standard InChI is InChI=1S/C17H18N2O2.2ClH/c20-17(16-7-4-12-18-16)19-13-8-10-15(11-9-13)21-14-5-2-1-3-6-14;;/h1-3,5-6,8-11,16,18H,4,7,12H2,(H,19,20);2*1H. The van der Waals surface area contributed by atoms with Gasteiger partial charge in [0.05, 0.1) is 6.04 Å². The Labute approximate surface area is 148 Å². The molecule has 23 heavy (non-hydrogen) atoms. The molecule has 3 rings (SSSR count). The van der Waals surface area contributed by atoms with Gasteiger partial charge in [0, 0.05) is 5.69 Å². The van der Waals surface area contributed by atoms with Crippen LogP contribution in [0.2, 0.25) is 0 Å². The number of hydrogen-bond donors (Lipinski definition) is 2. The van der Waals surface area contributed by atoms with Gasteiger partial charge in [-0.25, -0.2) is 0 Å². The van der Waals surface area contributed by atoms with Crippen LogP contribution in [-0.4, -0.2) is 18.5 Å². The number of para-hydroxylation sites is 1. The second kappa shape index (κ2) is 9.40. The number of rotatable bonds is 4. The van der Waals surface area contributed by atoms with E-state index in [2.05, 4.69) is 10.6 Å². The molecule has 4 nitrogen and oxygen atoms in total. The van der Waals surface area contributed by atoms with Gasteiger partial charge in [-0.2, -0.15) is 0 Å². The van der Waals surface area contributed by atoms with Crippen molar-refractivity contribution in [2.75, 3.05) is 11.9 Å². The lowest BCUT2D eigenvalue weighted by molar-refractivity contribution is -0.117. The number of benzene rings is 2. The van der Waals surface area contributed by atoms with E-state index in [1.165, 1.54) is 0 Å². The monoisotopic (exact) mass is 354 g/mol. The molecular formula is C17H20Cl2N2O2. The summed E-state index contributed by atoms with van der Waals surface area (Å²) < 4.78 is 5.71. The van der Waals surface area contributed by atoms with Gasteiger partial charge in [-0.1, -0.05) is 18.2 Å². The van der Waals surface area contributed by atoms with Crippen molar-refractivity contribution in [2.45, 2.75) is 18.9 Å². The van der Waals surface area contributed by atoms with E-state index in [4.69, 9.17) is 4.74 Å². The van der Waals surface area contributed by atoms with Gasteiger partial charge < -0.3 is 15.4 Å². The fourth-order valence-corrected chi connectivity index (χ4v) is 2.37. The molecule has 0 spiro atoms. The molecule has 1 heterocycles. The van der Waals surface area contributed by atoms with Crippen LogP contribution in [0.5, 0.6) is 11.5 Å². The molecule has 124 valence electrons. The Bertz CT molecular complexity index is 600. The van der Waals surface area contributed by atoms with E-state index >= 15 is 0 Å². The first-order chi connectivity index (χ1) is 10.3. The molecule has 0 radical (unpaired) electrons. The van der Waals surface area contributed by atoms with Crippen molar-refractivity contribution in [3.63, 3.8) is 0 Å². The molecule has 0 aliphatic carbocycles. The molecular weight excluding hydrogens is 335 g/mol. The number of carbonyl (C=O) groups is 1. The first-order valence-corrected chi connectivity index (χ1v) is 7.18.